The molecule has 0 radical (unpaired) electrons. The Morgan fingerprint density at radius 2 is 1.73 bits per heavy atom. The van der Waals surface area contributed by atoms with Crippen molar-refractivity contribution in [1.82, 2.24) is 0 Å². The maximum Gasteiger partial charge on any atom is 0.345 e. The molecular weight excluding hydrogens is 196 g/mol. The van der Waals surface area contributed by atoms with Crippen molar-refractivity contribution in [2.45, 2.75) is 46.6 Å². The second-order valence-electron chi connectivity index (χ2n) is 4.72. The largest absolute Gasteiger partial charge is 0.377 e. The molecule has 15 heavy (non-hydrogen) atoms. The molecule has 0 heterocycles. The number of rotatable bonds is 5. The van der Waals surface area contributed by atoms with Gasteiger partial charge in [0.05, 0.1) is 18.6 Å². The molecule has 0 aliphatic carbocycles. The molecule has 0 aromatic heterocycles. The van der Waals surface area contributed by atoms with E-state index < -0.39 is 11.6 Å². The first kappa shape index (κ1) is 14.4. The van der Waals surface area contributed by atoms with Crippen LogP contribution >= 0.6 is 0 Å². The molecule has 0 rings (SSSR count). The lowest BCUT2D eigenvalue weighted by Crippen LogP contribution is -2.43. The number of methoxy groups -OCH3 is 1. The molecule has 0 aliphatic rings. The summed E-state index contributed by atoms with van der Waals surface area (Å²) < 4.78 is 5.40. The third-order valence-electron chi connectivity index (χ3n) is 2.79. The Kier molecular flexibility index (Phi) is 5.24. The topological polar surface area (TPSA) is 44.8 Å². The summed E-state index contributed by atoms with van der Waals surface area (Å²) in [7, 11) is 1.60. The molecule has 0 aliphatic heterocycles. The molecule has 0 amide bonds. The van der Waals surface area contributed by atoms with Gasteiger partial charge in [-0.1, -0.05) is 20.8 Å². The molecular formula is C11H22O4. The van der Waals surface area contributed by atoms with Crippen LogP contribution in [0.25, 0.3) is 0 Å². The highest BCUT2D eigenvalue weighted by Gasteiger charge is 2.40. The van der Waals surface area contributed by atoms with Crippen molar-refractivity contribution in [3.63, 3.8) is 0 Å². The first-order valence-corrected chi connectivity index (χ1v) is 5.14. The van der Waals surface area contributed by atoms with Crippen LogP contribution < -0.4 is 0 Å². The summed E-state index contributed by atoms with van der Waals surface area (Å²) in [5.41, 5.74) is -0.700. The van der Waals surface area contributed by atoms with Crippen molar-refractivity contribution in [2.24, 2.45) is 5.41 Å². The second kappa shape index (κ2) is 5.47. The standard InChI is InChI=1S/C11H22O4/c1-7-14-15-9(12)8-11(5,13-6)10(2,3)4/h7-8H2,1-6H3. The molecule has 0 bridgehead atoms. The third-order valence-corrected chi connectivity index (χ3v) is 2.79. The van der Waals surface area contributed by atoms with Crippen molar-refractivity contribution in [2.75, 3.05) is 13.7 Å². The summed E-state index contributed by atoms with van der Waals surface area (Å²) in [6.45, 7) is 10.1. The second-order valence-corrected chi connectivity index (χ2v) is 4.72. The monoisotopic (exact) mass is 218 g/mol. The van der Waals surface area contributed by atoms with Crippen LogP contribution in [-0.4, -0.2) is 25.3 Å². The van der Waals surface area contributed by atoms with E-state index in [1.807, 2.05) is 27.7 Å². The molecule has 0 saturated heterocycles. The number of carbonyl (C=O) groups is 1. The number of ether oxygens (including phenoxy) is 1. The van der Waals surface area contributed by atoms with Gasteiger partial charge in [0.25, 0.3) is 0 Å². The smallest absolute Gasteiger partial charge is 0.345 e. The lowest BCUT2D eigenvalue weighted by atomic mass is 9.75. The number of carbonyl (C=O) groups excluding carboxylic acids is 1. The fourth-order valence-electron chi connectivity index (χ4n) is 1.07. The van der Waals surface area contributed by atoms with Gasteiger partial charge in [-0.25, -0.2) is 4.79 Å². The summed E-state index contributed by atoms with van der Waals surface area (Å²) in [4.78, 5) is 20.6. The maximum absolute atomic E-state index is 11.4. The zero-order chi connectivity index (χ0) is 12.1. The average Bonchev–Trinajstić information content (AvgIpc) is 2.12. The van der Waals surface area contributed by atoms with E-state index in [1.54, 1.807) is 14.0 Å². The van der Waals surface area contributed by atoms with E-state index >= 15 is 0 Å². The fraction of sp³-hybridized carbons (Fsp3) is 0.909. The van der Waals surface area contributed by atoms with Crippen molar-refractivity contribution < 1.29 is 19.3 Å². The van der Waals surface area contributed by atoms with Gasteiger partial charge in [0, 0.05) is 7.11 Å². The third kappa shape index (κ3) is 4.18. The minimum atomic E-state index is -0.554. The fourth-order valence-corrected chi connectivity index (χ4v) is 1.07. The van der Waals surface area contributed by atoms with Gasteiger partial charge in [-0.3, -0.25) is 4.89 Å². The quantitative estimate of drug-likeness (QED) is 0.524. The van der Waals surface area contributed by atoms with Crippen LogP contribution in [-0.2, 0) is 19.3 Å². The van der Waals surface area contributed by atoms with Crippen LogP contribution in [0.4, 0.5) is 0 Å². The Morgan fingerprint density at radius 3 is 2.07 bits per heavy atom. The predicted molar refractivity (Wildman–Crippen MR) is 57.2 cm³/mol. The summed E-state index contributed by atoms with van der Waals surface area (Å²) in [5, 5.41) is 0. The van der Waals surface area contributed by atoms with Crippen LogP contribution in [0, 0.1) is 5.41 Å². The SMILES string of the molecule is CCOOC(=O)CC(C)(OC)C(C)(C)C. The summed E-state index contributed by atoms with van der Waals surface area (Å²) in [5.74, 6) is -0.406. The molecule has 0 aromatic rings. The first-order valence-electron chi connectivity index (χ1n) is 5.14. The van der Waals surface area contributed by atoms with Gasteiger partial charge in [-0.15, -0.1) is 0 Å². The van der Waals surface area contributed by atoms with E-state index in [-0.39, 0.29) is 11.8 Å². The summed E-state index contributed by atoms with van der Waals surface area (Å²) in [6.07, 6.45) is 0.174. The van der Waals surface area contributed by atoms with Crippen molar-refractivity contribution in [1.29, 1.82) is 0 Å². The Labute approximate surface area is 91.8 Å². The summed E-state index contributed by atoms with van der Waals surface area (Å²) >= 11 is 0. The van der Waals surface area contributed by atoms with Crippen LogP contribution in [0.15, 0.2) is 0 Å². The molecule has 1 atom stereocenters. The Morgan fingerprint density at radius 1 is 1.20 bits per heavy atom. The Balaban J connectivity index is 4.38. The normalized spacial score (nSPS) is 15.9. The number of hydrogen-bond acceptors (Lipinski definition) is 4. The number of hydrogen-bond donors (Lipinski definition) is 0. The van der Waals surface area contributed by atoms with Gasteiger partial charge in [0.1, 0.15) is 0 Å². The van der Waals surface area contributed by atoms with Gasteiger partial charge < -0.3 is 4.74 Å². The van der Waals surface area contributed by atoms with E-state index in [2.05, 4.69) is 9.78 Å². The molecule has 0 fully saturated rings. The maximum atomic E-state index is 11.4. The molecule has 0 spiro atoms. The summed E-state index contributed by atoms with van der Waals surface area (Å²) in [6, 6.07) is 0. The van der Waals surface area contributed by atoms with Crippen LogP contribution in [0.3, 0.4) is 0 Å². The van der Waals surface area contributed by atoms with Gasteiger partial charge >= 0.3 is 5.97 Å². The molecule has 1 unspecified atom stereocenters. The van der Waals surface area contributed by atoms with Gasteiger partial charge in [-0.2, -0.15) is 4.89 Å². The minimum absolute atomic E-state index is 0.146. The van der Waals surface area contributed by atoms with Gasteiger partial charge in [0.2, 0.25) is 0 Å². The van der Waals surface area contributed by atoms with E-state index in [0.717, 1.165) is 0 Å². The Bertz CT molecular complexity index is 207. The van der Waals surface area contributed by atoms with Gasteiger partial charge in [-0.05, 0) is 19.3 Å². The lowest BCUT2D eigenvalue weighted by Gasteiger charge is -2.39. The van der Waals surface area contributed by atoms with Crippen molar-refractivity contribution in [3.8, 4) is 0 Å². The predicted octanol–water partition coefficient (Wildman–Crippen LogP) is 2.32. The first-order chi connectivity index (χ1) is 6.77. The van der Waals surface area contributed by atoms with Crippen LogP contribution in [0.5, 0.6) is 0 Å². The molecule has 90 valence electrons. The van der Waals surface area contributed by atoms with E-state index in [4.69, 9.17) is 4.74 Å². The van der Waals surface area contributed by atoms with E-state index in [0.29, 0.717) is 6.61 Å². The molecule has 4 heteroatoms. The minimum Gasteiger partial charge on any atom is -0.377 e. The van der Waals surface area contributed by atoms with Crippen LogP contribution in [0.1, 0.15) is 41.0 Å². The molecule has 4 nitrogen and oxygen atoms in total. The highest BCUT2D eigenvalue weighted by atomic mass is 17.2. The lowest BCUT2D eigenvalue weighted by molar-refractivity contribution is -0.274. The van der Waals surface area contributed by atoms with Crippen molar-refractivity contribution in [3.05, 3.63) is 0 Å². The Hall–Kier alpha value is -0.610. The zero-order valence-corrected chi connectivity index (χ0v) is 10.5. The molecule has 0 saturated carbocycles. The molecule has 0 aromatic carbocycles. The molecule has 0 N–H and O–H groups in total. The van der Waals surface area contributed by atoms with Crippen molar-refractivity contribution >= 4 is 5.97 Å². The highest BCUT2D eigenvalue weighted by Crippen LogP contribution is 2.36. The van der Waals surface area contributed by atoms with Gasteiger partial charge in [0.15, 0.2) is 0 Å². The highest BCUT2D eigenvalue weighted by molar-refractivity contribution is 5.70. The zero-order valence-electron chi connectivity index (χ0n) is 10.5. The van der Waals surface area contributed by atoms with E-state index in [9.17, 15) is 4.79 Å². The van der Waals surface area contributed by atoms with Crippen LogP contribution in [0.2, 0.25) is 0 Å². The average molecular weight is 218 g/mol. The van der Waals surface area contributed by atoms with E-state index in [1.165, 1.54) is 0 Å².